The van der Waals surface area contributed by atoms with E-state index in [0.29, 0.717) is 0 Å². The van der Waals surface area contributed by atoms with Crippen molar-refractivity contribution in [3.05, 3.63) is 0 Å². The number of thioether (sulfide) groups is 1. The van der Waals surface area contributed by atoms with Gasteiger partial charge < -0.3 is 0 Å². The van der Waals surface area contributed by atoms with E-state index in [4.69, 9.17) is 0 Å². The molecule has 0 atom stereocenters. The van der Waals surface area contributed by atoms with Gasteiger partial charge in [-0.15, -0.1) is 0 Å². The van der Waals surface area contributed by atoms with Gasteiger partial charge in [-0.25, -0.2) is 0 Å². The summed E-state index contributed by atoms with van der Waals surface area (Å²) in [5.74, 6) is 17.6. The van der Waals surface area contributed by atoms with E-state index in [1.165, 1.54) is 6.92 Å². The Kier molecular flexibility index (Phi) is 7.24. The maximum Gasteiger partial charge on any atom is 0.198 e. The minimum atomic E-state index is -0.0442. The molecule has 62 valence electrons. The quantitative estimate of drug-likeness (QED) is 0.530. The molecule has 0 aliphatic rings. The molecule has 0 aromatic rings. The standard InChI is InChI=1S/C11H6OS/c1-3-4-5-6-7-8-9-10-13-11(2)12/h1-2H3. The van der Waals surface area contributed by atoms with Crippen molar-refractivity contribution in [1.29, 1.82) is 0 Å². The Labute approximate surface area is 82.7 Å². The van der Waals surface area contributed by atoms with Gasteiger partial charge in [-0.3, -0.25) is 4.79 Å². The van der Waals surface area contributed by atoms with E-state index < -0.39 is 0 Å². The summed E-state index contributed by atoms with van der Waals surface area (Å²) < 4.78 is 0. The summed E-state index contributed by atoms with van der Waals surface area (Å²) in [6.45, 7) is 3.15. The molecule has 0 rings (SSSR count). The van der Waals surface area contributed by atoms with Crippen LogP contribution in [0.15, 0.2) is 0 Å². The van der Waals surface area contributed by atoms with Gasteiger partial charge in [0.25, 0.3) is 0 Å². The Morgan fingerprint density at radius 2 is 1.54 bits per heavy atom. The van der Waals surface area contributed by atoms with Crippen molar-refractivity contribution >= 4 is 16.9 Å². The highest BCUT2D eigenvalue weighted by Crippen LogP contribution is 1.94. The van der Waals surface area contributed by atoms with E-state index in [1.807, 2.05) is 0 Å². The van der Waals surface area contributed by atoms with Gasteiger partial charge in [-0.1, -0.05) is 5.92 Å². The first-order valence-corrected chi connectivity index (χ1v) is 4.18. The Morgan fingerprint density at radius 1 is 1.00 bits per heavy atom. The largest absolute Gasteiger partial charge is 0.287 e. The van der Waals surface area contributed by atoms with Crippen LogP contribution in [0.1, 0.15) is 13.8 Å². The molecule has 0 unspecified atom stereocenters. The highest BCUT2D eigenvalue weighted by molar-refractivity contribution is 8.17. The molecule has 0 aromatic carbocycles. The average Bonchev–Trinajstić information content (AvgIpc) is 2.09. The van der Waals surface area contributed by atoms with E-state index in [0.717, 1.165) is 11.8 Å². The number of carbonyl (C=O) groups is 1. The van der Waals surface area contributed by atoms with Gasteiger partial charge in [-0.2, -0.15) is 0 Å². The number of carbonyl (C=O) groups excluding carboxylic acids is 1. The van der Waals surface area contributed by atoms with Gasteiger partial charge >= 0.3 is 0 Å². The second-order valence-electron chi connectivity index (χ2n) is 1.70. The molecule has 0 saturated carbocycles. The number of hydrogen-bond acceptors (Lipinski definition) is 2. The SMILES string of the molecule is CC#CC#CC#CC#CSC(C)=O. The normalized spacial score (nSPS) is 5.38. The molecule has 0 amide bonds. The van der Waals surface area contributed by atoms with Gasteiger partial charge in [0.15, 0.2) is 5.12 Å². The highest BCUT2D eigenvalue weighted by atomic mass is 32.2. The Hall–Kier alpha value is -1.74. The van der Waals surface area contributed by atoms with Gasteiger partial charge in [-0.05, 0) is 47.7 Å². The molecular formula is C11H6OS. The first kappa shape index (κ1) is 11.3. The summed E-state index contributed by atoms with van der Waals surface area (Å²) in [6.07, 6.45) is 0. The third-order valence-electron chi connectivity index (χ3n) is 0.683. The van der Waals surface area contributed by atoms with Gasteiger partial charge in [0, 0.05) is 18.7 Å². The Balaban J connectivity index is 3.97. The lowest BCUT2D eigenvalue weighted by atomic mass is 10.5. The first-order chi connectivity index (χ1) is 6.27. The number of rotatable bonds is 0. The second kappa shape index (κ2) is 8.36. The van der Waals surface area contributed by atoms with Crippen molar-refractivity contribution in [3.63, 3.8) is 0 Å². The smallest absolute Gasteiger partial charge is 0.198 e. The van der Waals surface area contributed by atoms with Crippen molar-refractivity contribution in [3.8, 4) is 46.7 Å². The summed E-state index contributed by atoms with van der Waals surface area (Å²) in [4.78, 5) is 10.4. The third-order valence-corrected chi connectivity index (χ3v) is 1.17. The zero-order valence-corrected chi connectivity index (χ0v) is 8.13. The lowest BCUT2D eigenvalue weighted by Crippen LogP contribution is -1.73. The molecule has 0 aliphatic carbocycles. The Bertz CT molecular complexity index is 416. The van der Waals surface area contributed by atoms with Crippen LogP contribution in [-0.2, 0) is 4.79 Å². The average molecular weight is 186 g/mol. The van der Waals surface area contributed by atoms with Gasteiger partial charge in [0.05, 0.1) is 0 Å². The monoisotopic (exact) mass is 186 g/mol. The number of hydrogen-bond donors (Lipinski definition) is 0. The molecule has 0 aromatic heterocycles. The van der Waals surface area contributed by atoms with Crippen molar-refractivity contribution in [2.75, 3.05) is 0 Å². The van der Waals surface area contributed by atoms with Crippen LogP contribution in [0.5, 0.6) is 0 Å². The summed E-state index contributed by atoms with van der Waals surface area (Å²) in [7, 11) is 0. The van der Waals surface area contributed by atoms with E-state index in [2.05, 4.69) is 46.7 Å². The van der Waals surface area contributed by atoms with Crippen LogP contribution in [-0.4, -0.2) is 5.12 Å². The van der Waals surface area contributed by atoms with Crippen LogP contribution in [0, 0.1) is 46.7 Å². The zero-order valence-electron chi connectivity index (χ0n) is 7.32. The minimum absolute atomic E-state index is 0.0442. The maximum absolute atomic E-state index is 10.4. The summed E-state index contributed by atoms with van der Waals surface area (Å²) in [5, 5.41) is 2.47. The fourth-order valence-electron chi connectivity index (χ4n) is 0.310. The van der Waals surface area contributed by atoms with Crippen LogP contribution >= 0.6 is 11.8 Å². The van der Waals surface area contributed by atoms with E-state index >= 15 is 0 Å². The van der Waals surface area contributed by atoms with Crippen LogP contribution in [0.2, 0.25) is 0 Å². The topological polar surface area (TPSA) is 17.1 Å². The highest BCUT2D eigenvalue weighted by Gasteiger charge is 1.83. The van der Waals surface area contributed by atoms with Crippen LogP contribution in [0.25, 0.3) is 0 Å². The fourth-order valence-corrected chi connectivity index (χ4v) is 0.556. The molecule has 1 nitrogen and oxygen atoms in total. The molecule has 0 saturated heterocycles. The summed E-state index contributed by atoms with van der Waals surface area (Å²) in [6, 6.07) is 0. The summed E-state index contributed by atoms with van der Waals surface area (Å²) >= 11 is 0.921. The van der Waals surface area contributed by atoms with Crippen molar-refractivity contribution in [2.45, 2.75) is 13.8 Å². The lowest BCUT2D eigenvalue weighted by Gasteiger charge is -1.72. The predicted octanol–water partition coefficient (Wildman–Crippen LogP) is 1.26. The molecule has 0 bridgehead atoms. The Morgan fingerprint density at radius 3 is 2.08 bits per heavy atom. The van der Waals surface area contributed by atoms with Crippen molar-refractivity contribution in [1.82, 2.24) is 0 Å². The van der Waals surface area contributed by atoms with Crippen LogP contribution in [0.4, 0.5) is 0 Å². The first-order valence-electron chi connectivity index (χ1n) is 3.36. The van der Waals surface area contributed by atoms with Crippen molar-refractivity contribution in [2.24, 2.45) is 0 Å². The molecule has 0 aliphatic heterocycles. The molecule has 0 N–H and O–H groups in total. The fraction of sp³-hybridized carbons (Fsp3) is 0.182. The molecular weight excluding hydrogens is 180 g/mol. The van der Waals surface area contributed by atoms with Gasteiger partial charge in [0.1, 0.15) is 0 Å². The summed E-state index contributed by atoms with van der Waals surface area (Å²) in [5.41, 5.74) is 0. The van der Waals surface area contributed by atoms with Crippen LogP contribution in [0.3, 0.4) is 0 Å². The third kappa shape index (κ3) is 10.3. The van der Waals surface area contributed by atoms with E-state index in [-0.39, 0.29) is 5.12 Å². The van der Waals surface area contributed by atoms with E-state index in [1.54, 1.807) is 6.92 Å². The van der Waals surface area contributed by atoms with Crippen LogP contribution < -0.4 is 0 Å². The molecule has 2 heteroatoms. The molecule has 0 heterocycles. The zero-order chi connectivity index (χ0) is 9.94. The second-order valence-corrected chi connectivity index (χ2v) is 2.68. The predicted molar refractivity (Wildman–Crippen MR) is 55.1 cm³/mol. The van der Waals surface area contributed by atoms with Gasteiger partial charge in [0.2, 0.25) is 0 Å². The molecule has 13 heavy (non-hydrogen) atoms. The van der Waals surface area contributed by atoms with Crippen molar-refractivity contribution < 1.29 is 4.79 Å². The minimum Gasteiger partial charge on any atom is -0.287 e. The lowest BCUT2D eigenvalue weighted by molar-refractivity contribution is -0.109. The molecule has 0 radical (unpaired) electrons. The maximum atomic E-state index is 10.4. The molecule has 0 spiro atoms. The van der Waals surface area contributed by atoms with E-state index in [9.17, 15) is 4.79 Å². The molecule has 0 fully saturated rings.